The van der Waals surface area contributed by atoms with E-state index < -0.39 is 0 Å². The minimum atomic E-state index is -0.179. The smallest absolute Gasteiger partial charge is 0.262 e. The number of rotatable bonds is 3. The number of hydrogen-bond donors (Lipinski definition) is 0. The number of nitrogens with zero attached hydrogens (tertiary/aromatic N) is 3. The highest BCUT2D eigenvalue weighted by molar-refractivity contribution is 6.31. The Morgan fingerprint density at radius 3 is 2.94 bits per heavy atom. The van der Waals surface area contributed by atoms with E-state index in [-0.39, 0.29) is 11.4 Å². The summed E-state index contributed by atoms with van der Waals surface area (Å²) in [6.07, 6.45) is 1.80. The first-order valence-corrected chi connectivity index (χ1v) is 6.15. The van der Waals surface area contributed by atoms with Gasteiger partial charge in [-0.15, -0.1) is 0 Å². The van der Waals surface area contributed by atoms with E-state index >= 15 is 0 Å². The lowest BCUT2D eigenvalue weighted by Crippen LogP contribution is -2.24. The zero-order valence-corrected chi connectivity index (χ0v) is 10.7. The number of fused-ring (bicyclic) bond motifs is 1. The number of nitriles is 1. The van der Waals surface area contributed by atoms with Gasteiger partial charge in [-0.05, 0) is 24.6 Å². The highest BCUT2D eigenvalue weighted by Crippen LogP contribution is 2.15. The molecule has 0 aliphatic carbocycles. The van der Waals surface area contributed by atoms with E-state index in [1.165, 1.54) is 4.57 Å². The maximum Gasteiger partial charge on any atom is 0.262 e. The summed E-state index contributed by atoms with van der Waals surface area (Å²) in [6, 6.07) is 6.87. The lowest BCUT2D eigenvalue weighted by Gasteiger charge is -2.08. The molecule has 0 saturated heterocycles. The first-order valence-electron chi connectivity index (χ1n) is 5.77. The molecule has 0 radical (unpaired) electrons. The molecule has 0 atom stereocenters. The minimum absolute atomic E-state index is 0.142. The monoisotopic (exact) mass is 261 g/mol. The van der Waals surface area contributed by atoms with E-state index in [2.05, 4.69) is 4.98 Å². The van der Waals surface area contributed by atoms with Gasteiger partial charge in [0.2, 0.25) is 5.82 Å². The number of halogens is 1. The van der Waals surface area contributed by atoms with Crippen LogP contribution < -0.4 is 5.56 Å². The van der Waals surface area contributed by atoms with Gasteiger partial charge in [0.05, 0.1) is 10.9 Å². The molecule has 0 amide bonds. The molecule has 2 aromatic rings. The predicted octanol–water partition coefficient (Wildman–Crippen LogP) is 2.72. The summed E-state index contributed by atoms with van der Waals surface area (Å²) in [7, 11) is 0. The van der Waals surface area contributed by atoms with E-state index in [0.29, 0.717) is 22.5 Å². The Hall–Kier alpha value is -1.86. The Morgan fingerprint density at radius 2 is 2.28 bits per heavy atom. The Bertz CT molecular complexity index is 685. The summed E-state index contributed by atoms with van der Waals surface area (Å²) in [5.74, 6) is 0.142. The average molecular weight is 262 g/mol. The summed E-state index contributed by atoms with van der Waals surface area (Å²) in [5, 5.41) is 10.1. The van der Waals surface area contributed by atoms with Crippen molar-refractivity contribution in [2.45, 2.75) is 26.3 Å². The van der Waals surface area contributed by atoms with Crippen LogP contribution in [0.15, 0.2) is 23.0 Å². The zero-order valence-electron chi connectivity index (χ0n) is 9.98. The van der Waals surface area contributed by atoms with Crippen LogP contribution in [0.4, 0.5) is 0 Å². The molecule has 0 saturated carbocycles. The summed E-state index contributed by atoms with van der Waals surface area (Å²) >= 11 is 5.86. The number of benzene rings is 1. The maximum absolute atomic E-state index is 12.3. The summed E-state index contributed by atoms with van der Waals surface area (Å²) in [4.78, 5) is 16.4. The third-order valence-electron chi connectivity index (χ3n) is 2.75. The van der Waals surface area contributed by atoms with Crippen molar-refractivity contribution < 1.29 is 0 Å². The van der Waals surface area contributed by atoms with Gasteiger partial charge in [-0.2, -0.15) is 5.26 Å². The van der Waals surface area contributed by atoms with Crippen LogP contribution in [0.5, 0.6) is 0 Å². The Balaban J connectivity index is 2.71. The second-order valence-electron chi connectivity index (χ2n) is 4.02. The normalized spacial score (nSPS) is 10.5. The molecule has 2 rings (SSSR count). The van der Waals surface area contributed by atoms with Crippen LogP contribution >= 0.6 is 11.6 Å². The molecule has 0 aliphatic rings. The molecular formula is C13H12ClN3O. The van der Waals surface area contributed by atoms with Crippen LogP contribution in [-0.4, -0.2) is 9.55 Å². The predicted molar refractivity (Wildman–Crippen MR) is 70.6 cm³/mol. The molecule has 5 heteroatoms. The van der Waals surface area contributed by atoms with Crippen molar-refractivity contribution in [3.05, 3.63) is 39.4 Å². The lowest BCUT2D eigenvalue weighted by atomic mass is 10.2. The number of unbranched alkanes of at least 4 members (excludes halogenated alkanes) is 1. The van der Waals surface area contributed by atoms with Gasteiger partial charge >= 0.3 is 0 Å². The fourth-order valence-corrected chi connectivity index (χ4v) is 1.97. The standard InChI is InChI=1S/C13H12ClN3O/c1-2-3-6-17-12(8-15)16-11-7-9(14)4-5-10(11)13(17)18/h4-5,7H,2-3,6H2,1H3. The van der Waals surface area contributed by atoms with Crippen molar-refractivity contribution in [3.63, 3.8) is 0 Å². The van der Waals surface area contributed by atoms with Crippen molar-refractivity contribution in [3.8, 4) is 6.07 Å². The minimum Gasteiger partial charge on any atom is -0.284 e. The van der Waals surface area contributed by atoms with Gasteiger partial charge in [-0.1, -0.05) is 24.9 Å². The molecule has 0 spiro atoms. The molecule has 1 heterocycles. The SMILES string of the molecule is CCCCn1c(C#N)nc2cc(Cl)ccc2c1=O. The van der Waals surface area contributed by atoms with Gasteiger partial charge in [-0.25, -0.2) is 4.98 Å². The van der Waals surface area contributed by atoms with E-state index in [0.717, 1.165) is 12.8 Å². The molecule has 0 fully saturated rings. The summed E-state index contributed by atoms with van der Waals surface area (Å²) in [5.41, 5.74) is 0.290. The summed E-state index contributed by atoms with van der Waals surface area (Å²) in [6.45, 7) is 2.55. The van der Waals surface area contributed by atoms with Crippen molar-refractivity contribution >= 4 is 22.5 Å². The van der Waals surface area contributed by atoms with E-state index in [1.807, 2.05) is 13.0 Å². The van der Waals surface area contributed by atoms with Crippen molar-refractivity contribution in [2.75, 3.05) is 0 Å². The molecule has 1 aromatic heterocycles. The van der Waals surface area contributed by atoms with Gasteiger partial charge in [0.1, 0.15) is 6.07 Å². The first-order chi connectivity index (χ1) is 8.67. The molecule has 4 nitrogen and oxygen atoms in total. The first kappa shape index (κ1) is 12.6. The molecule has 0 unspecified atom stereocenters. The fourth-order valence-electron chi connectivity index (χ4n) is 1.80. The number of aromatic nitrogens is 2. The van der Waals surface area contributed by atoms with E-state index in [4.69, 9.17) is 16.9 Å². The average Bonchev–Trinajstić information content (AvgIpc) is 2.37. The van der Waals surface area contributed by atoms with Crippen LogP contribution in [0, 0.1) is 11.3 Å². The molecule has 18 heavy (non-hydrogen) atoms. The van der Waals surface area contributed by atoms with E-state index in [1.54, 1.807) is 18.2 Å². The van der Waals surface area contributed by atoms with Crippen molar-refractivity contribution in [2.24, 2.45) is 0 Å². The fraction of sp³-hybridized carbons (Fsp3) is 0.308. The van der Waals surface area contributed by atoms with Crippen LogP contribution in [0.1, 0.15) is 25.6 Å². The van der Waals surface area contributed by atoms with Crippen LogP contribution in [-0.2, 0) is 6.54 Å². The largest absolute Gasteiger partial charge is 0.284 e. The Kier molecular flexibility index (Phi) is 3.63. The molecule has 0 aliphatic heterocycles. The van der Waals surface area contributed by atoms with Gasteiger partial charge in [0.15, 0.2) is 0 Å². The van der Waals surface area contributed by atoms with Crippen LogP contribution in [0.2, 0.25) is 5.02 Å². The molecule has 0 bridgehead atoms. The van der Waals surface area contributed by atoms with Crippen molar-refractivity contribution in [1.29, 1.82) is 5.26 Å². The highest BCUT2D eigenvalue weighted by atomic mass is 35.5. The summed E-state index contributed by atoms with van der Waals surface area (Å²) < 4.78 is 1.43. The Morgan fingerprint density at radius 1 is 1.50 bits per heavy atom. The van der Waals surface area contributed by atoms with Crippen LogP contribution in [0.3, 0.4) is 0 Å². The van der Waals surface area contributed by atoms with E-state index in [9.17, 15) is 4.79 Å². The third-order valence-corrected chi connectivity index (χ3v) is 2.99. The number of hydrogen-bond acceptors (Lipinski definition) is 3. The highest BCUT2D eigenvalue weighted by Gasteiger charge is 2.10. The quantitative estimate of drug-likeness (QED) is 0.854. The molecule has 92 valence electrons. The van der Waals surface area contributed by atoms with Gasteiger partial charge in [0.25, 0.3) is 5.56 Å². The topological polar surface area (TPSA) is 58.7 Å². The van der Waals surface area contributed by atoms with Crippen molar-refractivity contribution in [1.82, 2.24) is 9.55 Å². The lowest BCUT2D eigenvalue weighted by molar-refractivity contribution is 0.601. The van der Waals surface area contributed by atoms with Gasteiger partial charge in [0, 0.05) is 11.6 Å². The second-order valence-corrected chi connectivity index (χ2v) is 4.46. The Labute approximate surface area is 109 Å². The molecule has 0 N–H and O–H groups in total. The zero-order chi connectivity index (χ0) is 13.1. The molecule has 1 aromatic carbocycles. The molecular weight excluding hydrogens is 250 g/mol. The van der Waals surface area contributed by atoms with Gasteiger partial charge in [-0.3, -0.25) is 9.36 Å². The third kappa shape index (κ3) is 2.22. The maximum atomic E-state index is 12.3. The van der Waals surface area contributed by atoms with Crippen LogP contribution in [0.25, 0.3) is 10.9 Å². The van der Waals surface area contributed by atoms with Gasteiger partial charge < -0.3 is 0 Å². The second kappa shape index (κ2) is 5.19.